The molecule has 0 unspecified atom stereocenters. The van der Waals surface area contributed by atoms with Gasteiger partial charge < -0.3 is 0 Å². The van der Waals surface area contributed by atoms with Crippen LogP contribution in [0.4, 0.5) is 10.1 Å². The fourth-order valence-corrected chi connectivity index (χ4v) is 2.82. The van der Waals surface area contributed by atoms with E-state index in [1.54, 1.807) is 6.07 Å². The Morgan fingerprint density at radius 3 is 2.62 bits per heavy atom. The summed E-state index contributed by atoms with van der Waals surface area (Å²) in [6, 6.07) is 8.82. The molecule has 0 saturated heterocycles. The summed E-state index contributed by atoms with van der Waals surface area (Å²) in [6.07, 6.45) is 2.30. The van der Waals surface area contributed by atoms with Crippen molar-refractivity contribution in [2.45, 2.75) is 11.8 Å². The Kier molecular flexibility index (Phi) is 5.80. The highest BCUT2D eigenvalue weighted by atomic mass is 32.2. The lowest BCUT2D eigenvalue weighted by molar-refractivity contribution is -0.385. The normalized spacial score (nSPS) is 11.5. The maximum absolute atomic E-state index is 13.0. The predicted molar refractivity (Wildman–Crippen MR) is 91.7 cm³/mol. The lowest BCUT2D eigenvalue weighted by Crippen LogP contribution is -2.40. The summed E-state index contributed by atoms with van der Waals surface area (Å²) < 4.78 is 37.3. The second-order valence-electron chi connectivity index (χ2n) is 5.19. The van der Waals surface area contributed by atoms with Crippen LogP contribution in [0.25, 0.3) is 6.08 Å². The Hall–Kier alpha value is -3.11. The fourth-order valence-electron chi connectivity index (χ4n) is 1.95. The molecule has 0 aromatic heterocycles. The highest BCUT2D eigenvalue weighted by molar-refractivity contribution is 7.89. The van der Waals surface area contributed by atoms with Gasteiger partial charge in [-0.15, -0.1) is 4.83 Å². The lowest BCUT2D eigenvalue weighted by Gasteiger charge is -2.07. The van der Waals surface area contributed by atoms with Crippen LogP contribution in [0, 0.1) is 22.9 Å². The van der Waals surface area contributed by atoms with Crippen molar-refractivity contribution in [3.8, 4) is 0 Å². The minimum atomic E-state index is -4.20. The van der Waals surface area contributed by atoms with E-state index in [2.05, 4.69) is 0 Å². The number of halogens is 1. The third-order valence-corrected chi connectivity index (χ3v) is 4.52. The molecule has 2 N–H and O–H groups in total. The van der Waals surface area contributed by atoms with Gasteiger partial charge in [-0.1, -0.05) is 18.2 Å². The number of aryl methyl sites for hydroxylation is 1. The van der Waals surface area contributed by atoms with Crippen molar-refractivity contribution in [1.82, 2.24) is 10.3 Å². The van der Waals surface area contributed by atoms with Crippen molar-refractivity contribution in [3.63, 3.8) is 0 Å². The first-order chi connectivity index (χ1) is 12.2. The van der Waals surface area contributed by atoms with Gasteiger partial charge in [-0.2, -0.15) is 0 Å². The van der Waals surface area contributed by atoms with Gasteiger partial charge in [0.15, 0.2) is 0 Å². The molecule has 2 rings (SSSR count). The van der Waals surface area contributed by atoms with Gasteiger partial charge >= 0.3 is 0 Å². The third kappa shape index (κ3) is 4.94. The highest BCUT2D eigenvalue weighted by Crippen LogP contribution is 2.21. The molecule has 0 spiro atoms. The third-order valence-electron chi connectivity index (χ3n) is 3.27. The molecule has 10 heteroatoms. The predicted octanol–water partition coefficient (Wildman–Crippen LogP) is 2.07. The summed E-state index contributed by atoms with van der Waals surface area (Å²) in [4.78, 5) is 23.3. The molecule has 0 atom stereocenters. The van der Waals surface area contributed by atoms with Crippen LogP contribution in [0.2, 0.25) is 0 Å². The summed E-state index contributed by atoms with van der Waals surface area (Å²) in [6.45, 7) is 1.47. The molecule has 2 aromatic rings. The Bertz CT molecular complexity index is 989. The average molecular weight is 379 g/mol. The number of nitro groups is 1. The topological polar surface area (TPSA) is 118 Å². The van der Waals surface area contributed by atoms with Gasteiger partial charge in [-0.05, 0) is 36.8 Å². The molecule has 0 radical (unpaired) electrons. The molecular weight excluding hydrogens is 365 g/mol. The van der Waals surface area contributed by atoms with Crippen molar-refractivity contribution in [3.05, 3.63) is 75.6 Å². The van der Waals surface area contributed by atoms with E-state index < -0.39 is 26.7 Å². The van der Waals surface area contributed by atoms with E-state index in [0.29, 0.717) is 11.1 Å². The molecule has 0 saturated carbocycles. The number of nitro benzene ring substituents is 1. The largest absolute Gasteiger partial charge is 0.274 e. The number of hydrogen-bond acceptors (Lipinski definition) is 5. The molecule has 0 aliphatic carbocycles. The van der Waals surface area contributed by atoms with Crippen molar-refractivity contribution in [2.75, 3.05) is 0 Å². The fraction of sp³-hybridized carbons (Fsp3) is 0.0625. The van der Waals surface area contributed by atoms with E-state index in [-0.39, 0.29) is 10.6 Å². The molecule has 136 valence electrons. The molecule has 2 aromatic carbocycles. The maximum Gasteiger partial charge on any atom is 0.273 e. The molecular formula is C16H14FN3O5S. The maximum atomic E-state index is 13.0. The van der Waals surface area contributed by atoms with Gasteiger partial charge in [0, 0.05) is 17.7 Å². The Labute approximate surface area is 148 Å². The van der Waals surface area contributed by atoms with E-state index in [9.17, 15) is 27.7 Å². The van der Waals surface area contributed by atoms with Crippen LogP contribution in [0.15, 0.2) is 53.4 Å². The Morgan fingerprint density at radius 2 is 1.96 bits per heavy atom. The van der Waals surface area contributed by atoms with Gasteiger partial charge in [-0.25, -0.2) is 12.8 Å². The smallest absolute Gasteiger partial charge is 0.273 e. The van der Waals surface area contributed by atoms with E-state index >= 15 is 0 Å². The van der Waals surface area contributed by atoms with E-state index in [1.165, 1.54) is 43.3 Å². The molecule has 0 aliphatic heterocycles. The first-order valence-corrected chi connectivity index (χ1v) is 8.68. The van der Waals surface area contributed by atoms with Crippen molar-refractivity contribution >= 4 is 27.7 Å². The summed E-state index contributed by atoms with van der Waals surface area (Å²) in [5.41, 5.74) is 2.30. The van der Waals surface area contributed by atoms with Crippen molar-refractivity contribution < 1.29 is 22.5 Å². The van der Waals surface area contributed by atoms with Gasteiger partial charge in [0.1, 0.15) is 5.82 Å². The van der Waals surface area contributed by atoms with Crippen LogP contribution in [-0.4, -0.2) is 19.2 Å². The average Bonchev–Trinajstić information content (AvgIpc) is 2.58. The second-order valence-corrected chi connectivity index (χ2v) is 6.87. The standard InChI is InChI=1S/C16H14FN3O5S/c1-11-5-7-14(10-15(11)20(22)23)26(24,25)19-18-16(21)8-6-12-3-2-4-13(17)9-12/h2-10,19H,1H3,(H,18,21)/b8-6+. The minimum Gasteiger partial charge on any atom is -0.274 e. The number of carbonyl (C=O) groups excluding carboxylic acids is 1. The van der Waals surface area contributed by atoms with Crippen LogP contribution in [-0.2, 0) is 14.8 Å². The van der Waals surface area contributed by atoms with Crippen LogP contribution in [0.3, 0.4) is 0 Å². The van der Waals surface area contributed by atoms with Gasteiger partial charge in [-0.3, -0.25) is 20.3 Å². The zero-order chi connectivity index (χ0) is 19.3. The number of hydrazine groups is 1. The number of amides is 1. The summed E-state index contributed by atoms with van der Waals surface area (Å²) in [7, 11) is -4.20. The van der Waals surface area contributed by atoms with Crippen LogP contribution < -0.4 is 10.3 Å². The first kappa shape index (κ1) is 19.2. The minimum absolute atomic E-state index is 0.302. The lowest BCUT2D eigenvalue weighted by atomic mass is 10.2. The molecule has 1 amide bonds. The summed E-state index contributed by atoms with van der Waals surface area (Å²) in [5, 5.41) is 10.9. The van der Waals surface area contributed by atoms with Crippen LogP contribution in [0.5, 0.6) is 0 Å². The van der Waals surface area contributed by atoms with Gasteiger partial charge in [0.25, 0.3) is 21.6 Å². The quantitative estimate of drug-likeness (QED) is 0.452. The number of nitrogens with one attached hydrogen (secondary N) is 2. The number of carbonyl (C=O) groups is 1. The first-order valence-electron chi connectivity index (χ1n) is 7.19. The summed E-state index contributed by atoms with van der Waals surface area (Å²) in [5.74, 6) is -1.28. The Balaban J connectivity index is 2.07. The van der Waals surface area contributed by atoms with Gasteiger partial charge in [0.2, 0.25) is 0 Å². The number of hydrogen-bond donors (Lipinski definition) is 2. The number of benzene rings is 2. The van der Waals surface area contributed by atoms with Crippen LogP contribution in [0.1, 0.15) is 11.1 Å². The second kappa shape index (κ2) is 7.85. The van der Waals surface area contributed by atoms with E-state index in [0.717, 1.165) is 12.1 Å². The number of rotatable bonds is 6. The summed E-state index contributed by atoms with van der Waals surface area (Å²) >= 11 is 0. The molecule has 26 heavy (non-hydrogen) atoms. The zero-order valence-electron chi connectivity index (χ0n) is 13.5. The van der Waals surface area contributed by atoms with E-state index in [4.69, 9.17) is 0 Å². The molecule has 0 fully saturated rings. The molecule has 0 bridgehead atoms. The zero-order valence-corrected chi connectivity index (χ0v) is 14.3. The monoisotopic (exact) mass is 379 g/mol. The number of sulfonamides is 1. The highest BCUT2D eigenvalue weighted by Gasteiger charge is 2.20. The molecule has 0 heterocycles. The number of nitrogens with zero attached hydrogens (tertiary/aromatic N) is 1. The van der Waals surface area contributed by atoms with E-state index in [1.807, 2.05) is 10.3 Å². The van der Waals surface area contributed by atoms with Crippen molar-refractivity contribution in [2.24, 2.45) is 0 Å². The van der Waals surface area contributed by atoms with Crippen LogP contribution >= 0.6 is 0 Å². The molecule has 8 nitrogen and oxygen atoms in total. The SMILES string of the molecule is Cc1ccc(S(=O)(=O)NNC(=O)/C=C/c2cccc(F)c2)cc1[N+](=O)[O-]. The molecule has 0 aliphatic rings. The Morgan fingerprint density at radius 1 is 1.23 bits per heavy atom. The van der Waals surface area contributed by atoms with Gasteiger partial charge in [0.05, 0.1) is 9.82 Å². The van der Waals surface area contributed by atoms with Crippen molar-refractivity contribution in [1.29, 1.82) is 0 Å².